The van der Waals surface area contributed by atoms with Crippen LogP contribution in [0, 0.1) is 0 Å². The van der Waals surface area contributed by atoms with Gasteiger partial charge in [0.2, 0.25) is 0 Å². The predicted molar refractivity (Wildman–Crippen MR) is 111 cm³/mol. The van der Waals surface area contributed by atoms with Gasteiger partial charge in [-0.25, -0.2) is 0 Å². The third-order valence-electron chi connectivity index (χ3n) is 4.34. The molecular formula is C20H26N4O2S. The molecule has 6 nitrogen and oxygen atoms in total. The Kier molecular flexibility index (Phi) is 6.11. The van der Waals surface area contributed by atoms with Gasteiger partial charge < -0.3 is 20.0 Å². The van der Waals surface area contributed by atoms with E-state index in [1.165, 1.54) is 6.26 Å². The maximum Gasteiger partial charge on any atom is 0.291 e. The minimum Gasteiger partial charge on any atom is -0.459 e. The Labute approximate surface area is 164 Å². The van der Waals surface area contributed by atoms with Crippen molar-refractivity contribution in [2.75, 3.05) is 31.2 Å². The maximum atomic E-state index is 12.0. The lowest BCUT2D eigenvalue weighted by molar-refractivity contribution is 0.0996. The molecule has 1 amide bonds. The van der Waals surface area contributed by atoms with E-state index in [-0.39, 0.29) is 10.7 Å². The van der Waals surface area contributed by atoms with E-state index in [0.717, 1.165) is 36.1 Å². The van der Waals surface area contributed by atoms with E-state index < -0.39 is 0 Å². The Hall–Kier alpha value is -2.41. The lowest BCUT2D eigenvalue weighted by Crippen LogP contribution is -2.50. The molecule has 2 heterocycles. The molecule has 0 unspecified atom stereocenters. The largest absolute Gasteiger partial charge is 0.459 e. The van der Waals surface area contributed by atoms with Gasteiger partial charge in [0.25, 0.3) is 5.91 Å². The highest BCUT2D eigenvalue weighted by atomic mass is 32.2. The van der Waals surface area contributed by atoms with E-state index in [4.69, 9.17) is 4.42 Å². The van der Waals surface area contributed by atoms with Gasteiger partial charge in [0.15, 0.2) is 11.7 Å². The van der Waals surface area contributed by atoms with Crippen LogP contribution in [0.25, 0.3) is 0 Å². The molecule has 0 spiro atoms. The summed E-state index contributed by atoms with van der Waals surface area (Å²) in [6.07, 6.45) is 1.48. The Morgan fingerprint density at radius 1 is 1.30 bits per heavy atom. The van der Waals surface area contributed by atoms with Gasteiger partial charge in [-0.15, -0.1) is 0 Å². The molecule has 27 heavy (non-hydrogen) atoms. The second kappa shape index (κ2) is 8.52. The monoisotopic (exact) mass is 386 g/mol. The van der Waals surface area contributed by atoms with Gasteiger partial charge in [0.1, 0.15) is 0 Å². The molecule has 1 fully saturated rings. The van der Waals surface area contributed by atoms with E-state index in [2.05, 4.69) is 34.4 Å². The first kappa shape index (κ1) is 19.4. The number of hydrogen-bond acceptors (Lipinski definition) is 4. The number of rotatable bonds is 4. The molecule has 0 aliphatic carbocycles. The smallest absolute Gasteiger partial charge is 0.291 e. The standard InChI is InChI=1S/C20H26N4O2S/c1-20(2)14-24(10-12-27-20)19(21-3)22-13-15-6-8-16(9-7-15)23-18(25)17-5-4-11-26-17/h4-9,11H,10,12-14H2,1-3H3,(H,21,22)(H,23,25). The van der Waals surface area contributed by atoms with Gasteiger partial charge in [-0.3, -0.25) is 9.79 Å². The molecule has 1 aromatic heterocycles. The number of hydrogen-bond donors (Lipinski definition) is 2. The van der Waals surface area contributed by atoms with Gasteiger partial charge in [-0.2, -0.15) is 11.8 Å². The average molecular weight is 387 g/mol. The molecule has 2 aromatic rings. The molecule has 0 atom stereocenters. The van der Waals surface area contributed by atoms with Crippen LogP contribution < -0.4 is 10.6 Å². The summed E-state index contributed by atoms with van der Waals surface area (Å²) in [4.78, 5) is 18.7. The molecule has 1 saturated heterocycles. The summed E-state index contributed by atoms with van der Waals surface area (Å²) in [7, 11) is 1.82. The molecular weight excluding hydrogens is 360 g/mol. The third-order valence-corrected chi connectivity index (χ3v) is 5.64. The SMILES string of the molecule is CN=C(NCc1ccc(NC(=O)c2ccco2)cc1)N1CCSC(C)(C)C1. The van der Waals surface area contributed by atoms with E-state index in [1.807, 2.05) is 43.1 Å². The van der Waals surface area contributed by atoms with Crippen LogP contribution >= 0.6 is 11.8 Å². The number of nitrogens with one attached hydrogen (secondary N) is 2. The number of nitrogens with zero attached hydrogens (tertiary/aromatic N) is 2. The zero-order chi connectivity index (χ0) is 19.3. The van der Waals surface area contributed by atoms with Crippen molar-refractivity contribution < 1.29 is 9.21 Å². The fourth-order valence-electron chi connectivity index (χ4n) is 3.02. The lowest BCUT2D eigenvalue weighted by Gasteiger charge is -2.39. The Morgan fingerprint density at radius 3 is 2.70 bits per heavy atom. The van der Waals surface area contributed by atoms with Gasteiger partial charge >= 0.3 is 0 Å². The van der Waals surface area contributed by atoms with Gasteiger partial charge in [0.05, 0.1) is 6.26 Å². The molecule has 1 aliphatic heterocycles. The second-order valence-corrected chi connectivity index (χ2v) is 8.86. The summed E-state index contributed by atoms with van der Waals surface area (Å²) in [5.74, 6) is 2.08. The van der Waals surface area contributed by atoms with Crippen molar-refractivity contribution in [3.63, 3.8) is 0 Å². The van der Waals surface area contributed by atoms with Crippen LogP contribution in [0.1, 0.15) is 30.0 Å². The van der Waals surface area contributed by atoms with Gasteiger partial charge in [-0.05, 0) is 43.7 Å². The number of carbonyl (C=O) groups excluding carboxylic acids is 1. The van der Waals surface area contributed by atoms with Crippen LogP contribution in [0.15, 0.2) is 52.1 Å². The van der Waals surface area contributed by atoms with Crippen molar-refractivity contribution in [3.05, 3.63) is 54.0 Å². The van der Waals surface area contributed by atoms with Crippen molar-refractivity contribution in [2.45, 2.75) is 25.1 Å². The molecule has 1 aromatic carbocycles. The number of thioether (sulfide) groups is 1. The topological polar surface area (TPSA) is 69.9 Å². The number of aliphatic imine (C=N–C) groups is 1. The minimum absolute atomic E-state index is 0.240. The van der Waals surface area contributed by atoms with Crippen molar-refractivity contribution in [2.24, 2.45) is 4.99 Å². The quantitative estimate of drug-likeness (QED) is 0.622. The molecule has 2 N–H and O–H groups in total. The number of furan rings is 1. The van der Waals surface area contributed by atoms with Crippen molar-refractivity contribution in [1.82, 2.24) is 10.2 Å². The number of anilines is 1. The molecule has 144 valence electrons. The average Bonchev–Trinajstić information content (AvgIpc) is 3.18. The Balaban J connectivity index is 1.54. The highest BCUT2D eigenvalue weighted by molar-refractivity contribution is 8.00. The number of benzene rings is 1. The van der Waals surface area contributed by atoms with E-state index in [0.29, 0.717) is 12.3 Å². The molecule has 1 aliphatic rings. The first-order valence-electron chi connectivity index (χ1n) is 9.00. The van der Waals surface area contributed by atoms with Crippen LogP contribution in [0.2, 0.25) is 0 Å². The van der Waals surface area contributed by atoms with Crippen LogP contribution in [0.5, 0.6) is 0 Å². The van der Waals surface area contributed by atoms with Crippen LogP contribution in [0.3, 0.4) is 0 Å². The van der Waals surface area contributed by atoms with Gasteiger partial charge in [0, 0.05) is 42.9 Å². The Bertz CT molecular complexity index is 785. The summed E-state index contributed by atoms with van der Waals surface area (Å²) in [6.45, 7) is 7.21. The minimum atomic E-state index is -0.253. The molecule has 7 heteroatoms. The van der Waals surface area contributed by atoms with Crippen LogP contribution in [-0.2, 0) is 6.54 Å². The normalized spacial score (nSPS) is 16.9. The van der Waals surface area contributed by atoms with E-state index in [9.17, 15) is 4.79 Å². The summed E-state index contributed by atoms with van der Waals surface area (Å²) in [6, 6.07) is 11.1. The first-order valence-corrected chi connectivity index (χ1v) is 9.99. The fourth-order valence-corrected chi connectivity index (χ4v) is 4.13. The number of amides is 1. The zero-order valence-corrected chi connectivity index (χ0v) is 16.8. The number of guanidine groups is 1. The zero-order valence-electron chi connectivity index (χ0n) is 16.0. The lowest BCUT2D eigenvalue weighted by atomic mass is 10.2. The van der Waals surface area contributed by atoms with Crippen molar-refractivity contribution in [1.29, 1.82) is 0 Å². The highest BCUT2D eigenvalue weighted by Crippen LogP contribution is 2.29. The number of carbonyl (C=O) groups is 1. The van der Waals surface area contributed by atoms with E-state index in [1.54, 1.807) is 12.1 Å². The van der Waals surface area contributed by atoms with Crippen molar-refractivity contribution in [3.8, 4) is 0 Å². The summed E-state index contributed by atoms with van der Waals surface area (Å²) in [5.41, 5.74) is 1.86. The van der Waals surface area contributed by atoms with Crippen molar-refractivity contribution >= 4 is 29.3 Å². The fraction of sp³-hybridized carbons (Fsp3) is 0.400. The molecule has 3 rings (SSSR count). The molecule has 0 bridgehead atoms. The Morgan fingerprint density at radius 2 is 2.07 bits per heavy atom. The van der Waals surface area contributed by atoms with Gasteiger partial charge in [-0.1, -0.05) is 12.1 Å². The summed E-state index contributed by atoms with van der Waals surface area (Å²) in [5, 5.41) is 6.26. The van der Waals surface area contributed by atoms with Crippen LogP contribution in [-0.4, -0.2) is 47.4 Å². The molecule has 0 saturated carbocycles. The highest BCUT2D eigenvalue weighted by Gasteiger charge is 2.28. The summed E-state index contributed by atoms with van der Waals surface area (Å²) >= 11 is 2.01. The van der Waals surface area contributed by atoms with Crippen LogP contribution in [0.4, 0.5) is 5.69 Å². The first-order chi connectivity index (χ1) is 13.0. The second-order valence-electron chi connectivity index (χ2n) is 7.06. The third kappa shape index (κ3) is 5.29. The maximum absolute atomic E-state index is 12.0. The van der Waals surface area contributed by atoms with E-state index >= 15 is 0 Å². The summed E-state index contributed by atoms with van der Waals surface area (Å²) < 4.78 is 5.34. The predicted octanol–water partition coefficient (Wildman–Crippen LogP) is 3.43. The molecule has 0 radical (unpaired) electrons.